The van der Waals surface area contributed by atoms with E-state index in [9.17, 15) is 4.39 Å². The molecule has 2 aliphatic heterocycles. The predicted molar refractivity (Wildman–Crippen MR) is 53.2 cm³/mol. The van der Waals surface area contributed by atoms with Crippen LogP contribution in [0.1, 0.15) is 13.3 Å². The first kappa shape index (κ1) is 10.3. The van der Waals surface area contributed by atoms with Gasteiger partial charge in [0.05, 0.1) is 12.7 Å². The van der Waals surface area contributed by atoms with E-state index < -0.39 is 6.17 Å². The van der Waals surface area contributed by atoms with Crippen LogP contribution < -0.4 is 5.32 Å². The molecule has 82 valence electrons. The fraction of sp³-hybridized carbons (Fsp3) is 1.00. The van der Waals surface area contributed by atoms with Crippen molar-refractivity contribution in [3.05, 3.63) is 0 Å². The van der Waals surface area contributed by atoms with Crippen molar-refractivity contribution in [1.29, 1.82) is 0 Å². The highest BCUT2D eigenvalue weighted by Gasteiger charge is 2.31. The fourth-order valence-electron chi connectivity index (χ4n) is 2.24. The quantitative estimate of drug-likeness (QED) is 0.702. The molecule has 0 aromatic heterocycles. The smallest absolute Gasteiger partial charge is 0.114 e. The molecule has 0 saturated carbocycles. The third-order valence-corrected chi connectivity index (χ3v) is 3.23. The zero-order valence-electron chi connectivity index (χ0n) is 8.71. The van der Waals surface area contributed by atoms with Crippen molar-refractivity contribution in [1.82, 2.24) is 10.2 Å². The maximum Gasteiger partial charge on any atom is 0.114 e. The second-order valence-electron chi connectivity index (χ2n) is 4.23. The van der Waals surface area contributed by atoms with Gasteiger partial charge in [-0.25, -0.2) is 4.39 Å². The second kappa shape index (κ2) is 4.55. The molecule has 0 amide bonds. The lowest BCUT2D eigenvalue weighted by molar-refractivity contribution is -0.0217. The number of morpholine rings is 1. The first-order valence-corrected chi connectivity index (χ1v) is 5.48. The first-order chi connectivity index (χ1) is 6.77. The Bertz CT molecular complexity index is 180. The van der Waals surface area contributed by atoms with Crippen LogP contribution in [-0.4, -0.2) is 56.0 Å². The highest BCUT2D eigenvalue weighted by molar-refractivity contribution is 4.85. The lowest BCUT2D eigenvalue weighted by atomic mass is 10.1. The molecule has 0 aromatic carbocycles. The van der Waals surface area contributed by atoms with Gasteiger partial charge in [0.1, 0.15) is 6.17 Å². The van der Waals surface area contributed by atoms with Gasteiger partial charge in [-0.2, -0.15) is 0 Å². The van der Waals surface area contributed by atoms with Gasteiger partial charge in [0, 0.05) is 32.2 Å². The molecule has 2 fully saturated rings. The van der Waals surface area contributed by atoms with Crippen LogP contribution in [0.4, 0.5) is 4.39 Å². The third-order valence-electron chi connectivity index (χ3n) is 3.23. The Kier molecular flexibility index (Phi) is 3.36. The monoisotopic (exact) mass is 202 g/mol. The fourth-order valence-corrected chi connectivity index (χ4v) is 2.24. The van der Waals surface area contributed by atoms with Crippen LogP contribution >= 0.6 is 0 Å². The molecule has 0 bridgehead atoms. The van der Waals surface area contributed by atoms with Gasteiger partial charge in [0.25, 0.3) is 0 Å². The van der Waals surface area contributed by atoms with E-state index in [1.807, 2.05) is 0 Å². The number of rotatable bonds is 2. The molecule has 3 atom stereocenters. The third kappa shape index (κ3) is 2.24. The Hall–Kier alpha value is -0.190. The van der Waals surface area contributed by atoms with E-state index in [2.05, 4.69) is 17.1 Å². The van der Waals surface area contributed by atoms with E-state index in [4.69, 9.17) is 4.74 Å². The van der Waals surface area contributed by atoms with Crippen molar-refractivity contribution in [2.24, 2.45) is 0 Å². The van der Waals surface area contributed by atoms with E-state index in [0.717, 1.165) is 26.2 Å². The van der Waals surface area contributed by atoms with Gasteiger partial charge < -0.3 is 10.1 Å². The van der Waals surface area contributed by atoms with E-state index in [-0.39, 0.29) is 6.10 Å². The van der Waals surface area contributed by atoms with Crippen LogP contribution in [0.5, 0.6) is 0 Å². The molecule has 2 rings (SSSR count). The van der Waals surface area contributed by atoms with E-state index in [1.54, 1.807) is 0 Å². The van der Waals surface area contributed by atoms with Crippen molar-refractivity contribution in [2.75, 3.05) is 32.8 Å². The molecule has 0 aromatic rings. The van der Waals surface area contributed by atoms with Crippen LogP contribution in [0.3, 0.4) is 0 Å². The molecule has 2 aliphatic rings. The SMILES string of the molecule is CC(C1CNCCO1)N1CCC(F)C1. The maximum absolute atomic E-state index is 13.0. The Balaban J connectivity index is 1.84. The van der Waals surface area contributed by atoms with Crippen LogP contribution in [0, 0.1) is 0 Å². The molecular formula is C10H19FN2O. The lowest BCUT2D eigenvalue weighted by Crippen LogP contribution is -2.50. The predicted octanol–water partition coefficient (Wildman–Crippen LogP) is 0.407. The Morgan fingerprint density at radius 1 is 1.57 bits per heavy atom. The summed E-state index contributed by atoms with van der Waals surface area (Å²) in [6, 6.07) is 0.337. The topological polar surface area (TPSA) is 24.5 Å². The summed E-state index contributed by atoms with van der Waals surface area (Å²) in [5, 5.41) is 3.30. The largest absolute Gasteiger partial charge is 0.374 e. The summed E-state index contributed by atoms with van der Waals surface area (Å²) < 4.78 is 18.7. The zero-order valence-corrected chi connectivity index (χ0v) is 8.71. The summed E-state index contributed by atoms with van der Waals surface area (Å²) in [5.41, 5.74) is 0. The lowest BCUT2D eigenvalue weighted by Gasteiger charge is -2.34. The molecule has 0 spiro atoms. The Morgan fingerprint density at radius 2 is 2.43 bits per heavy atom. The molecule has 3 nitrogen and oxygen atoms in total. The molecule has 2 saturated heterocycles. The zero-order chi connectivity index (χ0) is 9.97. The molecule has 4 heteroatoms. The first-order valence-electron chi connectivity index (χ1n) is 5.48. The van der Waals surface area contributed by atoms with E-state index in [0.29, 0.717) is 19.0 Å². The van der Waals surface area contributed by atoms with E-state index >= 15 is 0 Å². The highest BCUT2D eigenvalue weighted by Crippen LogP contribution is 2.18. The summed E-state index contributed by atoms with van der Waals surface area (Å²) in [6.45, 7) is 6.21. The van der Waals surface area contributed by atoms with Crippen molar-refractivity contribution in [2.45, 2.75) is 31.7 Å². The van der Waals surface area contributed by atoms with Crippen molar-refractivity contribution >= 4 is 0 Å². The minimum atomic E-state index is -0.631. The Morgan fingerprint density at radius 3 is 3.00 bits per heavy atom. The second-order valence-corrected chi connectivity index (χ2v) is 4.23. The number of likely N-dealkylation sites (tertiary alicyclic amines) is 1. The summed E-state index contributed by atoms with van der Waals surface area (Å²) in [6.07, 6.45) is 0.285. The minimum absolute atomic E-state index is 0.231. The van der Waals surface area contributed by atoms with Crippen molar-refractivity contribution in [3.8, 4) is 0 Å². The van der Waals surface area contributed by atoms with Gasteiger partial charge in [0.15, 0.2) is 0 Å². The number of ether oxygens (including phenoxy) is 1. The number of hydrogen-bond donors (Lipinski definition) is 1. The number of nitrogens with one attached hydrogen (secondary N) is 1. The molecule has 0 radical (unpaired) electrons. The molecule has 14 heavy (non-hydrogen) atoms. The van der Waals surface area contributed by atoms with Crippen molar-refractivity contribution in [3.63, 3.8) is 0 Å². The van der Waals surface area contributed by atoms with Gasteiger partial charge in [0.2, 0.25) is 0 Å². The average molecular weight is 202 g/mol. The summed E-state index contributed by atoms with van der Waals surface area (Å²) in [5.74, 6) is 0. The van der Waals surface area contributed by atoms with Gasteiger partial charge in [-0.1, -0.05) is 0 Å². The Labute approximate surface area is 84.6 Å². The van der Waals surface area contributed by atoms with E-state index in [1.165, 1.54) is 0 Å². The van der Waals surface area contributed by atoms with Crippen LogP contribution in [0.25, 0.3) is 0 Å². The number of hydrogen-bond acceptors (Lipinski definition) is 3. The molecule has 1 N–H and O–H groups in total. The number of nitrogens with zero attached hydrogens (tertiary/aromatic N) is 1. The molecular weight excluding hydrogens is 183 g/mol. The van der Waals surface area contributed by atoms with Crippen LogP contribution in [0.2, 0.25) is 0 Å². The highest BCUT2D eigenvalue weighted by atomic mass is 19.1. The summed E-state index contributed by atoms with van der Waals surface area (Å²) in [4.78, 5) is 2.20. The summed E-state index contributed by atoms with van der Waals surface area (Å²) in [7, 11) is 0. The van der Waals surface area contributed by atoms with Gasteiger partial charge in [-0.05, 0) is 13.3 Å². The standard InChI is InChI=1S/C10H19FN2O/c1-8(10-6-12-3-5-14-10)13-4-2-9(11)7-13/h8-10,12H,2-7H2,1H3. The van der Waals surface area contributed by atoms with Gasteiger partial charge in [-0.3, -0.25) is 4.90 Å². The number of alkyl halides is 1. The minimum Gasteiger partial charge on any atom is -0.374 e. The molecule has 0 aliphatic carbocycles. The van der Waals surface area contributed by atoms with Crippen molar-refractivity contribution < 1.29 is 9.13 Å². The van der Waals surface area contributed by atoms with Gasteiger partial charge in [-0.15, -0.1) is 0 Å². The maximum atomic E-state index is 13.0. The number of halogens is 1. The van der Waals surface area contributed by atoms with Crippen LogP contribution in [0.15, 0.2) is 0 Å². The molecule has 3 unspecified atom stereocenters. The normalized spacial score (nSPS) is 37.3. The van der Waals surface area contributed by atoms with Gasteiger partial charge >= 0.3 is 0 Å². The molecule has 2 heterocycles. The average Bonchev–Trinajstić information content (AvgIpc) is 2.65. The summed E-state index contributed by atoms with van der Waals surface area (Å²) >= 11 is 0. The van der Waals surface area contributed by atoms with Crippen LogP contribution in [-0.2, 0) is 4.74 Å².